The fourth-order valence-electron chi connectivity index (χ4n) is 3.17. The third-order valence-electron chi connectivity index (χ3n) is 4.23. The molecule has 1 aliphatic rings. The van der Waals surface area contributed by atoms with E-state index in [1.807, 2.05) is 23.9 Å². The SMILES string of the molecule is C[N+]1=C=[N+](c2cccc3c2sc2ncccc23)c2ccccc21. The Morgan fingerprint density at radius 3 is 2.57 bits per heavy atom. The highest BCUT2D eigenvalue weighted by Gasteiger charge is 2.33. The number of para-hydroxylation sites is 2. The van der Waals surface area contributed by atoms with Crippen molar-refractivity contribution in [3.63, 3.8) is 0 Å². The predicted molar refractivity (Wildman–Crippen MR) is 95.9 cm³/mol. The van der Waals surface area contributed by atoms with Crippen molar-refractivity contribution in [3.8, 4) is 0 Å². The van der Waals surface area contributed by atoms with Crippen LogP contribution in [0.3, 0.4) is 0 Å². The molecule has 0 fully saturated rings. The highest BCUT2D eigenvalue weighted by Crippen LogP contribution is 2.41. The molecule has 2 aromatic carbocycles. The highest BCUT2D eigenvalue weighted by molar-refractivity contribution is 7.26. The first-order valence-corrected chi connectivity index (χ1v) is 8.30. The van der Waals surface area contributed by atoms with Crippen LogP contribution in [0.1, 0.15) is 0 Å². The van der Waals surface area contributed by atoms with E-state index in [9.17, 15) is 0 Å². The second-order valence-electron chi connectivity index (χ2n) is 5.60. The van der Waals surface area contributed by atoms with Crippen LogP contribution in [0.25, 0.3) is 20.3 Å². The molecule has 0 saturated heterocycles. The van der Waals surface area contributed by atoms with E-state index in [1.165, 1.54) is 21.2 Å². The molecule has 3 nitrogen and oxygen atoms in total. The molecular weight excluding hydrogens is 302 g/mol. The maximum Gasteiger partial charge on any atom is 0.496 e. The van der Waals surface area contributed by atoms with Gasteiger partial charge >= 0.3 is 6.01 Å². The summed E-state index contributed by atoms with van der Waals surface area (Å²) in [5.41, 5.74) is 3.49. The van der Waals surface area contributed by atoms with Crippen molar-refractivity contribution in [2.75, 3.05) is 7.05 Å². The molecule has 0 N–H and O–H groups in total. The summed E-state index contributed by atoms with van der Waals surface area (Å²) >= 11 is 1.74. The summed E-state index contributed by atoms with van der Waals surface area (Å²) in [6.07, 6.45) is 1.86. The normalized spacial score (nSPS) is 13.3. The quantitative estimate of drug-likeness (QED) is 0.464. The van der Waals surface area contributed by atoms with Crippen LogP contribution < -0.4 is 4.58 Å². The lowest BCUT2D eigenvalue weighted by Gasteiger charge is -1.96. The van der Waals surface area contributed by atoms with Gasteiger partial charge in [0.15, 0.2) is 7.05 Å². The van der Waals surface area contributed by atoms with E-state index >= 15 is 0 Å². The number of rotatable bonds is 1. The maximum atomic E-state index is 4.51. The van der Waals surface area contributed by atoms with Crippen LogP contribution in [-0.4, -0.2) is 22.6 Å². The first-order valence-electron chi connectivity index (χ1n) is 7.48. The van der Waals surface area contributed by atoms with Crippen molar-refractivity contribution in [1.82, 2.24) is 9.56 Å². The minimum absolute atomic E-state index is 1.08. The Morgan fingerprint density at radius 1 is 0.870 bits per heavy atom. The van der Waals surface area contributed by atoms with Crippen LogP contribution in [0.15, 0.2) is 60.8 Å². The standard InChI is InChI=1S/C19H13N3S/c1-21-12-22(16-9-3-2-8-15(16)21)17-10-4-6-13-14-7-5-11-20-19(14)23-18(13)17/h2-11H,1H3/q+2. The molecule has 0 radical (unpaired) electrons. The van der Waals surface area contributed by atoms with E-state index in [-0.39, 0.29) is 0 Å². The lowest BCUT2D eigenvalue weighted by Crippen LogP contribution is -1.98. The van der Waals surface area contributed by atoms with E-state index in [0.717, 1.165) is 16.2 Å². The van der Waals surface area contributed by atoms with Crippen molar-refractivity contribution >= 4 is 54.7 Å². The molecule has 0 atom stereocenters. The van der Waals surface area contributed by atoms with Crippen LogP contribution in [0.5, 0.6) is 0 Å². The zero-order valence-corrected chi connectivity index (χ0v) is 13.3. The molecule has 4 heteroatoms. The summed E-state index contributed by atoms with van der Waals surface area (Å²) in [7, 11) is 2.03. The minimum Gasteiger partial charge on any atom is -0.245 e. The number of hydrogen-bond donors (Lipinski definition) is 0. The Hall–Kier alpha value is -2.81. The summed E-state index contributed by atoms with van der Waals surface area (Å²) in [6.45, 7) is 0. The van der Waals surface area contributed by atoms with Gasteiger partial charge in [0.25, 0.3) is 11.4 Å². The molecule has 3 heterocycles. The lowest BCUT2D eigenvalue weighted by atomic mass is 10.1. The van der Waals surface area contributed by atoms with E-state index < -0.39 is 0 Å². The summed E-state index contributed by atoms with van der Waals surface area (Å²) < 4.78 is 5.44. The van der Waals surface area contributed by atoms with Crippen LogP contribution >= 0.6 is 11.3 Å². The van der Waals surface area contributed by atoms with E-state index in [1.54, 1.807) is 11.3 Å². The fourth-order valence-corrected chi connectivity index (χ4v) is 4.32. The molecule has 0 unspecified atom stereocenters. The largest absolute Gasteiger partial charge is 0.496 e. The second kappa shape index (κ2) is 4.59. The monoisotopic (exact) mass is 315 g/mol. The summed E-state index contributed by atoms with van der Waals surface area (Å²) in [6, 6.07) is 22.4. The predicted octanol–water partition coefficient (Wildman–Crippen LogP) is 4.75. The van der Waals surface area contributed by atoms with Crippen molar-refractivity contribution in [3.05, 3.63) is 60.8 Å². The highest BCUT2D eigenvalue weighted by atomic mass is 32.1. The average Bonchev–Trinajstić information content (AvgIpc) is 3.13. The van der Waals surface area contributed by atoms with E-state index in [4.69, 9.17) is 0 Å². The molecule has 5 rings (SSSR count). The van der Waals surface area contributed by atoms with Crippen LogP contribution in [0.2, 0.25) is 0 Å². The fraction of sp³-hybridized carbons (Fsp3) is 0.0526. The molecule has 4 aromatic rings. The van der Waals surface area contributed by atoms with Gasteiger partial charge in [-0.1, -0.05) is 28.8 Å². The van der Waals surface area contributed by atoms with Gasteiger partial charge < -0.3 is 0 Å². The van der Waals surface area contributed by atoms with Crippen molar-refractivity contribution < 1.29 is 4.58 Å². The molecule has 1 aliphatic heterocycles. The van der Waals surface area contributed by atoms with Gasteiger partial charge in [0.1, 0.15) is 9.53 Å². The Morgan fingerprint density at radius 2 is 1.65 bits per heavy atom. The molecule has 108 valence electrons. The molecule has 0 amide bonds. The molecular formula is C19H13N3S+2. The summed E-state index contributed by atoms with van der Waals surface area (Å²) in [5.74, 6) is 0. The van der Waals surface area contributed by atoms with Gasteiger partial charge in [-0.2, -0.15) is 0 Å². The number of nitrogens with zero attached hydrogens (tertiary/aromatic N) is 3. The van der Waals surface area contributed by atoms with Gasteiger partial charge in [-0.05, 0) is 16.7 Å². The number of benzene rings is 2. The van der Waals surface area contributed by atoms with Gasteiger partial charge in [0.05, 0.1) is 0 Å². The van der Waals surface area contributed by atoms with Gasteiger partial charge in [-0.25, -0.2) is 4.98 Å². The molecule has 0 bridgehead atoms. The molecule has 2 aromatic heterocycles. The second-order valence-corrected chi connectivity index (χ2v) is 6.59. The van der Waals surface area contributed by atoms with Crippen LogP contribution in [-0.2, 0) is 0 Å². The van der Waals surface area contributed by atoms with Gasteiger partial charge in [-0.15, -0.1) is 11.3 Å². The number of pyridine rings is 1. The molecule has 0 saturated carbocycles. The zero-order chi connectivity index (χ0) is 15.4. The number of hydrogen-bond acceptors (Lipinski definition) is 2. The van der Waals surface area contributed by atoms with Crippen LogP contribution in [0.4, 0.5) is 17.1 Å². The van der Waals surface area contributed by atoms with Gasteiger partial charge in [0.2, 0.25) is 5.69 Å². The first-order chi connectivity index (χ1) is 11.3. The van der Waals surface area contributed by atoms with Gasteiger partial charge in [0, 0.05) is 35.2 Å². The smallest absolute Gasteiger partial charge is 0.245 e. The van der Waals surface area contributed by atoms with Crippen molar-refractivity contribution in [2.24, 2.45) is 0 Å². The van der Waals surface area contributed by atoms with Crippen molar-refractivity contribution in [2.45, 2.75) is 0 Å². The zero-order valence-electron chi connectivity index (χ0n) is 12.5. The Kier molecular flexibility index (Phi) is 2.54. The third kappa shape index (κ3) is 1.73. The average molecular weight is 315 g/mol. The minimum atomic E-state index is 1.08. The summed E-state index contributed by atoms with van der Waals surface area (Å²) in [4.78, 5) is 5.59. The number of thiophene rings is 1. The maximum absolute atomic E-state index is 4.51. The first kappa shape index (κ1) is 12.7. The molecule has 0 spiro atoms. The van der Waals surface area contributed by atoms with Crippen LogP contribution in [0, 0.1) is 0 Å². The molecule has 0 aliphatic carbocycles. The van der Waals surface area contributed by atoms with Gasteiger partial charge in [-0.3, -0.25) is 0 Å². The van der Waals surface area contributed by atoms with E-state index in [0.29, 0.717) is 0 Å². The lowest BCUT2D eigenvalue weighted by molar-refractivity contribution is -0.394. The van der Waals surface area contributed by atoms with Crippen molar-refractivity contribution in [1.29, 1.82) is 0 Å². The topological polar surface area (TPSA) is 18.9 Å². The Labute approximate surface area is 137 Å². The number of aromatic nitrogens is 1. The molecule has 23 heavy (non-hydrogen) atoms. The van der Waals surface area contributed by atoms with E-state index in [2.05, 4.69) is 64.1 Å². The third-order valence-corrected chi connectivity index (χ3v) is 5.38. The summed E-state index contributed by atoms with van der Waals surface area (Å²) in [5, 5.41) is 2.47. The Balaban J connectivity index is 1.87. The number of fused-ring (bicyclic) bond motifs is 4. The Bertz CT molecular complexity index is 1160.